The number of ether oxygens (including phenoxy) is 1. The molecule has 7 nitrogen and oxygen atoms in total. The van der Waals surface area contributed by atoms with Crippen LogP contribution in [0.25, 0.3) is 0 Å². The number of Topliss-reactive ketones (excluding diaryl/α,β-unsaturated/α-hetero) is 1. The van der Waals surface area contributed by atoms with Gasteiger partial charge in [0, 0.05) is 6.42 Å². The number of carbonyl (C=O) groups is 2. The minimum Gasteiger partial charge on any atom is -0.458 e. The number of unbranched alkanes of at least 4 members (excludes halogenated alkanes) is 8. The third-order valence-electron chi connectivity index (χ3n) is 5.50. The molecule has 7 heteroatoms. The molecule has 4 atom stereocenters. The lowest BCUT2D eigenvalue weighted by Gasteiger charge is -2.20. The summed E-state index contributed by atoms with van der Waals surface area (Å²) in [6.45, 7) is 2.91. The molecule has 0 aliphatic carbocycles. The van der Waals surface area contributed by atoms with Gasteiger partial charge in [-0.05, 0) is 18.8 Å². The van der Waals surface area contributed by atoms with Gasteiger partial charge in [-0.2, -0.15) is 0 Å². The second-order valence-electron chi connectivity index (χ2n) is 8.29. The lowest BCUT2D eigenvalue weighted by Crippen LogP contribution is -2.45. The van der Waals surface area contributed by atoms with Crippen molar-refractivity contribution in [3.8, 4) is 0 Å². The van der Waals surface area contributed by atoms with Gasteiger partial charge in [0.25, 0.3) is 0 Å². The molecule has 0 aromatic rings. The molecule has 0 saturated heterocycles. The summed E-state index contributed by atoms with van der Waals surface area (Å²) in [5.41, 5.74) is 0. The van der Waals surface area contributed by atoms with Crippen LogP contribution >= 0.6 is 0 Å². The van der Waals surface area contributed by atoms with E-state index in [1.54, 1.807) is 0 Å². The van der Waals surface area contributed by atoms with Crippen molar-refractivity contribution in [2.45, 2.75) is 116 Å². The summed E-state index contributed by atoms with van der Waals surface area (Å²) in [5, 5.41) is 37.3. The third-order valence-corrected chi connectivity index (χ3v) is 5.50. The van der Waals surface area contributed by atoms with Gasteiger partial charge in [0.2, 0.25) is 5.78 Å². The predicted octanol–water partition coefficient (Wildman–Crippen LogP) is 2.90. The van der Waals surface area contributed by atoms with Gasteiger partial charge in [0.05, 0.1) is 6.61 Å². The minimum absolute atomic E-state index is 0.224. The van der Waals surface area contributed by atoms with Gasteiger partial charge in [0.15, 0.2) is 6.61 Å². The first-order valence-corrected chi connectivity index (χ1v) is 11.7. The molecule has 0 amide bonds. The van der Waals surface area contributed by atoms with Crippen molar-refractivity contribution in [3.05, 3.63) is 0 Å². The highest BCUT2D eigenvalue weighted by Crippen LogP contribution is 2.22. The average molecular weight is 433 g/mol. The lowest BCUT2D eigenvalue weighted by molar-refractivity contribution is -0.155. The summed E-state index contributed by atoms with van der Waals surface area (Å²) in [7, 11) is 0. The van der Waals surface area contributed by atoms with E-state index in [2.05, 4.69) is 13.8 Å². The molecule has 0 rings (SSSR count). The molecule has 178 valence electrons. The highest BCUT2D eigenvalue weighted by Gasteiger charge is 2.30. The minimum atomic E-state index is -1.91. The van der Waals surface area contributed by atoms with Crippen LogP contribution in [-0.4, -0.2) is 63.7 Å². The quantitative estimate of drug-likeness (QED) is 0.172. The van der Waals surface area contributed by atoms with Gasteiger partial charge in [-0.3, -0.25) is 9.59 Å². The maximum Gasteiger partial charge on any atom is 0.306 e. The van der Waals surface area contributed by atoms with Crippen LogP contribution in [0.15, 0.2) is 0 Å². The fourth-order valence-corrected chi connectivity index (χ4v) is 3.46. The Bertz CT molecular complexity index is 441. The largest absolute Gasteiger partial charge is 0.458 e. The van der Waals surface area contributed by atoms with Crippen molar-refractivity contribution in [1.29, 1.82) is 0 Å². The SMILES string of the molecule is CCCCCCCCC(CCCCCC)CC(=O)OCC(=O)[C@H](O)[C@@H](O)[C@H](O)CO. The molecule has 0 aliphatic rings. The van der Waals surface area contributed by atoms with E-state index in [-0.39, 0.29) is 12.3 Å². The normalized spacial score (nSPS) is 15.4. The van der Waals surface area contributed by atoms with E-state index in [1.807, 2.05) is 0 Å². The highest BCUT2D eigenvalue weighted by molar-refractivity contribution is 5.86. The molecule has 0 heterocycles. The molecule has 0 bridgehead atoms. The Morgan fingerprint density at radius 1 is 0.800 bits per heavy atom. The Morgan fingerprint density at radius 3 is 1.83 bits per heavy atom. The maximum atomic E-state index is 12.2. The Hall–Kier alpha value is -1.02. The van der Waals surface area contributed by atoms with Gasteiger partial charge in [-0.25, -0.2) is 0 Å². The van der Waals surface area contributed by atoms with E-state index in [4.69, 9.17) is 9.84 Å². The molecule has 30 heavy (non-hydrogen) atoms. The van der Waals surface area contributed by atoms with Crippen molar-refractivity contribution in [2.24, 2.45) is 5.92 Å². The molecule has 0 radical (unpaired) electrons. The first-order chi connectivity index (χ1) is 14.4. The van der Waals surface area contributed by atoms with E-state index >= 15 is 0 Å². The van der Waals surface area contributed by atoms with E-state index in [9.17, 15) is 24.9 Å². The van der Waals surface area contributed by atoms with E-state index in [0.717, 1.165) is 44.9 Å². The summed E-state index contributed by atoms with van der Waals surface area (Å²) < 4.78 is 5.00. The topological polar surface area (TPSA) is 124 Å². The van der Waals surface area contributed by atoms with Gasteiger partial charge >= 0.3 is 5.97 Å². The van der Waals surface area contributed by atoms with Crippen molar-refractivity contribution in [1.82, 2.24) is 0 Å². The second kappa shape index (κ2) is 18.7. The van der Waals surface area contributed by atoms with Gasteiger partial charge < -0.3 is 25.2 Å². The van der Waals surface area contributed by atoms with Gasteiger partial charge in [-0.15, -0.1) is 0 Å². The molecule has 0 aromatic carbocycles. The predicted molar refractivity (Wildman–Crippen MR) is 116 cm³/mol. The molecule has 0 aliphatic heterocycles. The van der Waals surface area contributed by atoms with Crippen LogP contribution in [0.1, 0.15) is 97.3 Å². The van der Waals surface area contributed by atoms with Crippen molar-refractivity contribution < 1.29 is 34.8 Å². The Kier molecular flexibility index (Phi) is 18.1. The number of hydrogen-bond donors (Lipinski definition) is 4. The zero-order valence-electron chi connectivity index (χ0n) is 18.9. The van der Waals surface area contributed by atoms with Crippen LogP contribution in [0.2, 0.25) is 0 Å². The van der Waals surface area contributed by atoms with Crippen molar-refractivity contribution in [3.63, 3.8) is 0 Å². The number of carbonyl (C=O) groups excluding carboxylic acids is 2. The monoisotopic (exact) mass is 432 g/mol. The molecule has 0 fully saturated rings. The fourth-order valence-electron chi connectivity index (χ4n) is 3.46. The Labute approximate surface area is 181 Å². The van der Waals surface area contributed by atoms with E-state index in [0.29, 0.717) is 0 Å². The zero-order chi connectivity index (χ0) is 22.8. The van der Waals surface area contributed by atoms with Crippen LogP contribution in [0.3, 0.4) is 0 Å². The molecule has 4 N–H and O–H groups in total. The van der Waals surface area contributed by atoms with Crippen molar-refractivity contribution in [2.75, 3.05) is 13.2 Å². The number of esters is 1. The first-order valence-electron chi connectivity index (χ1n) is 11.7. The molecule has 1 unspecified atom stereocenters. The second-order valence-corrected chi connectivity index (χ2v) is 8.29. The van der Waals surface area contributed by atoms with Crippen molar-refractivity contribution >= 4 is 11.8 Å². The van der Waals surface area contributed by atoms with Crippen LogP contribution in [0, 0.1) is 5.92 Å². The Balaban J connectivity index is 4.39. The van der Waals surface area contributed by atoms with Gasteiger partial charge in [0.1, 0.15) is 18.3 Å². The van der Waals surface area contributed by atoms with Crippen LogP contribution in [0.5, 0.6) is 0 Å². The molecular weight excluding hydrogens is 388 g/mol. The summed E-state index contributed by atoms with van der Waals surface area (Å²) in [5.74, 6) is -1.17. The number of ketones is 1. The number of rotatable bonds is 20. The van der Waals surface area contributed by atoms with Gasteiger partial charge in [-0.1, -0.05) is 78.1 Å². The van der Waals surface area contributed by atoms with E-state index < -0.39 is 43.3 Å². The maximum absolute atomic E-state index is 12.2. The van der Waals surface area contributed by atoms with Crippen LogP contribution in [-0.2, 0) is 14.3 Å². The molecular formula is C23H44O7. The summed E-state index contributed by atoms with van der Waals surface area (Å²) in [6.07, 6.45) is 8.56. The summed E-state index contributed by atoms with van der Waals surface area (Å²) >= 11 is 0. The molecule has 0 saturated carbocycles. The van der Waals surface area contributed by atoms with Crippen LogP contribution in [0.4, 0.5) is 0 Å². The summed E-state index contributed by atoms with van der Waals surface area (Å²) in [6, 6.07) is 0. The number of aliphatic hydroxyl groups is 4. The Morgan fingerprint density at radius 2 is 1.30 bits per heavy atom. The average Bonchev–Trinajstić information content (AvgIpc) is 2.75. The van der Waals surface area contributed by atoms with E-state index in [1.165, 1.54) is 32.1 Å². The number of hydrogen-bond acceptors (Lipinski definition) is 7. The highest BCUT2D eigenvalue weighted by atomic mass is 16.5. The fraction of sp³-hybridized carbons (Fsp3) is 0.913. The van der Waals surface area contributed by atoms with Crippen LogP contribution < -0.4 is 0 Å². The molecule has 0 aromatic heterocycles. The summed E-state index contributed by atoms with van der Waals surface area (Å²) in [4.78, 5) is 24.1. The third kappa shape index (κ3) is 14.1. The zero-order valence-corrected chi connectivity index (χ0v) is 18.9. The first kappa shape index (κ1) is 29.0. The standard InChI is InChI=1S/C23H44O7/c1-3-5-7-9-10-12-14-18(13-11-8-6-4-2)15-21(27)30-17-20(26)23(29)22(28)19(25)16-24/h18-19,22-25,28-29H,3-17H2,1-2H3/t18?,19-,22+,23+/m1/s1. The smallest absolute Gasteiger partial charge is 0.306 e. The lowest BCUT2D eigenvalue weighted by atomic mass is 9.91. The molecule has 0 spiro atoms. The number of aliphatic hydroxyl groups excluding tert-OH is 4.